The monoisotopic (exact) mass is 336 g/mol. The first-order valence-corrected chi connectivity index (χ1v) is 7.69. The minimum absolute atomic E-state index is 0.0451. The second-order valence-electron chi connectivity index (χ2n) is 4.17. The zero-order valence-corrected chi connectivity index (χ0v) is 12.7. The van der Waals surface area contributed by atoms with Crippen LogP contribution in [-0.2, 0) is 14.8 Å². The minimum atomic E-state index is -3.99. The van der Waals surface area contributed by atoms with Crippen molar-refractivity contribution >= 4 is 21.9 Å². The molecule has 0 radical (unpaired) electrons. The Morgan fingerprint density at radius 3 is 2.39 bits per heavy atom. The van der Waals surface area contributed by atoms with Crippen LogP contribution in [0.15, 0.2) is 47.8 Å². The summed E-state index contributed by atoms with van der Waals surface area (Å²) in [5.41, 5.74) is 2.17. The number of carbonyl (C=O) groups excluding carboxylic acids is 2. The van der Waals surface area contributed by atoms with E-state index in [1.165, 1.54) is 50.0 Å². The zero-order chi connectivity index (χ0) is 16.9. The number of hydrazine groups is 1. The SMILES string of the molecule is COC(=O)c1ccc(S(=O)(=O)NNC(=O)c2cnccn2)cc1. The summed E-state index contributed by atoms with van der Waals surface area (Å²) in [6, 6.07) is 5.02. The second kappa shape index (κ2) is 6.94. The number of nitrogens with one attached hydrogen (secondary N) is 2. The van der Waals surface area contributed by atoms with Gasteiger partial charge in [0.2, 0.25) is 0 Å². The molecule has 23 heavy (non-hydrogen) atoms. The van der Waals surface area contributed by atoms with Crippen molar-refractivity contribution < 1.29 is 22.7 Å². The predicted octanol–water partition coefficient (Wildman–Crippen LogP) is -0.114. The number of esters is 1. The number of aromatic nitrogens is 2. The highest BCUT2D eigenvalue weighted by molar-refractivity contribution is 7.89. The molecular formula is C13H12N4O5S. The summed E-state index contributed by atoms with van der Waals surface area (Å²) in [5.74, 6) is -1.34. The highest BCUT2D eigenvalue weighted by Crippen LogP contribution is 2.10. The van der Waals surface area contributed by atoms with Crippen molar-refractivity contribution in [3.05, 3.63) is 54.1 Å². The van der Waals surface area contributed by atoms with Gasteiger partial charge in [-0.2, -0.15) is 0 Å². The Morgan fingerprint density at radius 1 is 1.13 bits per heavy atom. The summed E-state index contributed by atoms with van der Waals surface area (Å²) in [5, 5.41) is 0. The van der Waals surface area contributed by atoms with Crippen LogP contribution in [0.25, 0.3) is 0 Å². The van der Waals surface area contributed by atoms with Gasteiger partial charge in [-0.25, -0.2) is 18.2 Å². The molecule has 0 saturated carbocycles. The standard InChI is InChI=1S/C13H12N4O5S/c1-22-13(19)9-2-4-10(5-3-9)23(20,21)17-16-12(18)11-8-14-6-7-15-11/h2-8,17H,1H3,(H,16,18). The van der Waals surface area contributed by atoms with Crippen molar-refractivity contribution in [2.45, 2.75) is 4.90 Å². The van der Waals surface area contributed by atoms with E-state index in [0.717, 1.165) is 0 Å². The van der Waals surface area contributed by atoms with Gasteiger partial charge < -0.3 is 4.74 Å². The fraction of sp³-hybridized carbons (Fsp3) is 0.0769. The number of methoxy groups -OCH3 is 1. The molecule has 0 aliphatic rings. The van der Waals surface area contributed by atoms with E-state index in [2.05, 4.69) is 14.7 Å². The van der Waals surface area contributed by atoms with E-state index in [4.69, 9.17) is 0 Å². The number of nitrogens with zero attached hydrogens (tertiary/aromatic N) is 2. The number of carbonyl (C=O) groups is 2. The zero-order valence-electron chi connectivity index (χ0n) is 11.9. The van der Waals surface area contributed by atoms with Gasteiger partial charge in [0, 0.05) is 12.4 Å². The van der Waals surface area contributed by atoms with E-state index < -0.39 is 21.9 Å². The lowest BCUT2D eigenvalue weighted by molar-refractivity contribution is 0.0600. The van der Waals surface area contributed by atoms with E-state index in [1.54, 1.807) is 0 Å². The van der Waals surface area contributed by atoms with E-state index in [0.29, 0.717) is 0 Å². The average molecular weight is 336 g/mol. The molecule has 120 valence electrons. The molecule has 0 fully saturated rings. The van der Waals surface area contributed by atoms with Crippen LogP contribution in [0.2, 0.25) is 0 Å². The first kappa shape index (κ1) is 16.5. The smallest absolute Gasteiger partial charge is 0.337 e. The molecule has 1 amide bonds. The van der Waals surface area contributed by atoms with Gasteiger partial charge in [0.1, 0.15) is 5.69 Å². The molecule has 1 aromatic carbocycles. The number of rotatable bonds is 5. The quantitative estimate of drug-likeness (QED) is 0.576. The minimum Gasteiger partial charge on any atom is -0.465 e. The summed E-state index contributed by atoms with van der Waals surface area (Å²) in [6.45, 7) is 0. The average Bonchev–Trinajstić information content (AvgIpc) is 2.60. The number of ether oxygens (including phenoxy) is 1. The molecule has 2 rings (SSSR count). The molecule has 0 unspecified atom stereocenters. The van der Waals surface area contributed by atoms with Gasteiger partial charge in [0.05, 0.1) is 23.8 Å². The first-order chi connectivity index (χ1) is 10.9. The number of sulfonamides is 1. The lowest BCUT2D eigenvalue weighted by Gasteiger charge is -2.08. The van der Waals surface area contributed by atoms with Crippen molar-refractivity contribution in [2.75, 3.05) is 7.11 Å². The maximum Gasteiger partial charge on any atom is 0.337 e. The number of hydrogen-bond donors (Lipinski definition) is 2. The van der Waals surface area contributed by atoms with E-state index in [9.17, 15) is 18.0 Å². The Hall–Kier alpha value is -2.85. The van der Waals surface area contributed by atoms with Gasteiger partial charge >= 0.3 is 5.97 Å². The van der Waals surface area contributed by atoms with Gasteiger partial charge in [-0.15, -0.1) is 4.83 Å². The normalized spacial score (nSPS) is 10.8. The van der Waals surface area contributed by atoms with Crippen molar-refractivity contribution in [1.29, 1.82) is 0 Å². The van der Waals surface area contributed by atoms with Gasteiger partial charge in [0.15, 0.2) is 0 Å². The van der Waals surface area contributed by atoms with Crippen LogP contribution >= 0.6 is 0 Å². The summed E-state index contributed by atoms with van der Waals surface area (Å²) in [4.78, 5) is 32.2. The molecule has 1 aromatic heterocycles. The number of hydrogen-bond acceptors (Lipinski definition) is 7. The Labute approximate surface area is 131 Å². The summed E-state index contributed by atoms with van der Waals surface area (Å²) in [6.07, 6.45) is 3.87. The van der Waals surface area contributed by atoms with Crippen LogP contribution in [0.5, 0.6) is 0 Å². The van der Waals surface area contributed by atoms with Crippen LogP contribution in [0.4, 0.5) is 0 Å². The van der Waals surface area contributed by atoms with Gasteiger partial charge in [-0.3, -0.25) is 15.2 Å². The maximum absolute atomic E-state index is 12.0. The third-order valence-electron chi connectivity index (χ3n) is 2.68. The Kier molecular flexibility index (Phi) is 4.98. The van der Waals surface area contributed by atoms with Crippen LogP contribution in [0.1, 0.15) is 20.8 Å². The third kappa shape index (κ3) is 4.08. The van der Waals surface area contributed by atoms with E-state index >= 15 is 0 Å². The first-order valence-electron chi connectivity index (χ1n) is 6.20. The fourth-order valence-electron chi connectivity index (χ4n) is 1.54. The molecule has 2 aromatic rings. The largest absolute Gasteiger partial charge is 0.465 e. The number of benzene rings is 1. The van der Waals surface area contributed by atoms with Gasteiger partial charge in [0.25, 0.3) is 15.9 Å². The Balaban J connectivity index is 2.07. The van der Waals surface area contributed by atoms with Crippen LogP contribution in [-0.4, -0.2) is 37.4 Å². The molecule has 2 N–H and O–H groups in total. The van der Waals surface area contributed by atoms with Crippen molar-refractivity contribution in [2.24, 2.45) is 0 Å². The molecular weight excluding hydrogens is 324 g/mol. The molecule has 0 atom stereocenters. The van der Waals surface area contributed by atoms with Crippen LogP contribution in [0, 0.1) is 0 Å². The van der Waals surface area contributed by atoms with Gasteiger partial charge in [-0.05, 0) is 24.3 Å². The predicted molar refractivity (Wildman–Crippen MR) is 77.6 cm³/mol. The Morgan fingerprint density at radius 2 is 1.83 bits per heavy atom. The maximum atomic E-state index is 12.0. The van der Waals surface area contributed by atoms with Crippen molar-refractivity contribution in [1.82, 2.24) is 20.2 Å². The summed E-state index contributed by atoms with van der Waals surface area (Å²) < 4.78 is 28.6. The van der Waals surface area contributed by atoms with Crippen LogP contribution in [0.3, 0.4) is 0 Å². The molecule has 0 spiro atoms. The third-order valence-corrected chi connectivity index (χ3v) is 3.94. The highest BCUT2D eigenvalue weighted by atomic mass is 32.2. The molecule has 0 aliphatic carbocycles. The highest BCUT2D eigenvalue weighted by Gasteiger charge is 2.17. The van der Waals surface area contributed by atoms with E-state index in [-0.39, 0.29) is 16.2 Å². The number of amides is 1. The fourth-order valence-corrected chi connectivity index (χ4v) is 2.38. The van der Waals surface area contributed by atoms with E-state index in [1.807, 2.05) is 10.3 Å². The summed E-state index contributed by atoms with van der Waals surface area (Å²) in [7, 11) is -2.78. The second-order valence-corrected chi connectivity index (χ2v) is 5.85. The van der Waals surface area contributed by atoms with Crippen molar-refractivity contribution in [3.63, 3.8) is 0 Å². The molecule has 0 saturated heterocycles. The molecule has 0 aliphatic heterocycles. The molecule has 9 nitrogen and oxygen atoms in total. The topological polar surface area (TPSA) is 127 Å². The summed E-state index contributed by atoms with van der Waals surface area (Å²) >= 11 is 0. The molecule has 0 bridgehead atoms. The lowest BCUT2D eigenvalue weighted by Crippen LogP contribution is -2.41. The van der Waals surface area contributed by atoms with Crippen molar-refractivity contribution in [3.8, 4) is 0 Å². The molecule has 10 heteroatoms. The lowest BCUT2D eigenvalue weighted by atomic mass is 10.2. The molecule has 1 heterocycles. The van der Waals surface area contributed by atoms with Crippen LogP contribution < -0.4 is 10.3 Å². The van der Waals surface area contributed by atoms with Gasteiger partial charge in [-0.1, -0.05) is 0 Å². The Bertz CT molecular complexity index is 806.